The zero-order valence-corrected chi connectivity index (χ0v) is 7.41. The van der Waals surface area contributed by atoms with Crippen molar-refractivity contribution in [2.75, 3.05) is 0 Å². The van der Waals surface area contributed by atoms with Crippen molar-refractivity contribution < 1.29 is 5.11 Å². The zero-order valence-electron chi connectivity index (χ0n) is 7.41. The van der Waals surface area contributed by atoms with Gasteiger partial charge >= 0.3 is 0 Å². The van der Waals surface area contributed by atoms with Crippen molar-refractivity contribution in [3.8, 4) is 0 Å². The lowest BCUT2D eigenvalue weighted by atomic mass is 10.0. The molecule has 0 spiro atoms. The van der Waals surface area contributed by atoms with Crippen molar-refractivity contribution in [2.24, 2.45) is 0 Å². The highest BCUT2D eigenvalue weighted by molar-refractivity contribution is 5.41. The Morgan fingerprint density at radius 1 is 1.50 bits per heavy atom. The SMILES string of the molecule is C=Cc1cccc(C(C)(C)O)n1. The van der Waals surface area contributed by atoms with Gasteiger partial charge in [0.05, 0.1) is 11.4 Å². The Hall–Kier alpha value is -1.15. The highest BCUT2D eigenvalue weighted by Gasteiger charge is 2.16. The molecule has 0 bridgehead atoms. The molecule has 1 N–H and O–H groups in total. The van der Waals surface area contributed by atoms with Gasteiger partial charge in [0.2, 0.25) is 0 Å². The topological polar surface area (TPSA) is 33.1 Å². The lowest BCUT2D eigenvalue weighted by Gasteiger charge is -2.16. The number of nitrogens with zero attached hydrogens (tertiary/aromatic N) is 1. The maximum Gasteiger partial charge on any atom is 0.101 e. The summed E-state index contributed by atoms with van der Waals surface area (Å²) in [6, 6.07) is 5.51. The molecule has 0 aliphatic rings. The average molecular weight is 163 g/mol. The van der Waals surface area contributed by atoms with Gasteiger partial charge in [-0.2, -0.15) is 0 Å². The normalized spacial score (nSPS) is 11.2. The standard InChI is InChI=1S/C10H13NO/c1-4-8-6-5-7-9(11-8)10(2,3)12/h4-7,12H,1H2,2-3H3. The minimum atomic E-state index is -0.876. The maximum absolute atomic E-state index is 9.61. The van der Waals surface area contributed by atoms with E-state index in [2.05, 4.69) is 11.6 Å². The molecule has 0 unspecified atom stereocenters. The van der Waals surface area contributed by atoms with Crippen LogP contribution in [0.2, 0.25) is 0 Å². The summed E-state index contributed by atoms with van der Waals surface area (Å²) >= 11 is 0. The van der Waals surface area contributed by atoms with Crippen LogP contribution in [0, 0.1) is 0 Å². The van der Waals surface area contributed by atoms with Gasteiger partial charge in [-0.1, -0.05) is 12.6 Å². The Morgan fingerprint density at radius 2 is 2.17 bits per heavy atom. The molecule has 1 rings (SSSR count). The van der Waals surface area contributed by atoms with Gasteiger partial charge in [0, 0.05) is 0 Å². The van der Waals surface area contributed by atoms with Gasteiger partial charge in [0.25, 0.3) is 0 Å². The number of hydrogen-bond donors (Lipinski definition) is 1. The molecule has 2 nitrogen and oxygen atoms in total. The first-order valence-corrected chi connectivity index (χ1v) is 3.86. The highest BCUT2D eigenvalue weighted by atomic mass is 16.3. The van der Waals surface area contributed by atoms with Gasteiger partial charge in [-0.25, -0.2) is 0 Å². The first kappa shape index (κ1) is 8.94. The van der Waals surface area contributed by atoms with Gasteiger partial charge in [0.15, 0.2) is 0 Å². The molecule has 0 aliphatic heterocycles. The molecule has 1 aromatic rings. The number of pyridine rings is 1. The first-order valence-electron chi connectivity index (χ1n) is 3.86. The fraction of sp³-hybridized carbons (Fsp3) is 0.300. The molecule has 0 aliphatic carbocycles. The fourth-order valence-corrected chi connectivity index (χ4v) is 0.906. The van der Waals surface area contributed by atoms with E-state index in [4.69, 9.17) is 0 Å². The van der Waals surface area contributed by atoms with Gasteiger partial charge in [-0.3, -0.25) is 4.98 Å². The van der Waals surface area contributed by atoms with Crippen molar-refractivity contribution in [1.29, 1.82) is 0 Å². The van der Waals surface area contributed by atoms with Crippen molar-refractivity contribution in [2.45, 2.75) is 19.4 Å². The van der Waals surface area contributed by atoms with E-state index in [0.29, 0.717) is 5.69 Å². The van der Waals surface area contributed by atoms with Gasteiger partial charge in [0.1, 0.15) is 5.60 Å². The Labute approximate surface area is 72.6 Å². The molecule has 0 aromatic carbocycles. The van der Waals surface area contributed by atoms with E-state index in [1.54, 1.807) is 26.0 Å². The van der Waals surface area contributed by atoms with Crippen LogP contribution in [0.4, 0.5) is 0 Å². The molecule has 64 valence electrons. The molecule has 2 heteroatoms. The molecule has 1 heterocycles. The predicted molar refractivity (Wildman–Crippen MR) is 49.6 cm³/mol. The molecule has 1 aromatic heterocycles. The third-order valence-corrected chi connectivity index (χ3v) is 1.61. The van der Waals surface area contributed by atoms with Crippen LogP contribution in [0.25, 0.3) is 6.08 Å². The molecule has 0 saturated heterocycles. The molecular formula is C10H13NO. The van der Waals surface area contributed by atoms with Crippen molar-refractivity contribution in [1.82, 2.24) is 4.98 Å². The van der Waals surface area contributed by atoms with E-state index in [1.807, 2.05) is 12.1 Å². The minimum absolute atomic E-state index is 0.667. The second kappa shape index (κ2) is 3.07. The highest BCUT2D eigenvalue weighted by Crippen LogP contribution is 2.17. The quantitative estimate of drug-likeness (QED) is 0.722. The van der Waals surface area contributed by atoms with Crippen LogP contribution in [-0.2, 0) is 5.60 Å². The predicted octanol–water partition coefficient (Wildman–Crippen LogP) is 1.95. The summed E-state index contributed by atoms with van der Waals surface area (Å²) in [6.45, 7) is 7.03. The summed E-state index contributed by atoms with van der Waals surface area (Å²) in [5.74, 6) is 0. The van der Waals surface area contributed by atoms with Crippen LogP contribution in [0.15, 0.2) is 24.8 Å². The van der Waals surface area contributed by atoms with Gasteiger partial charge in [-0.15, -0.1) is 0 Å². The van der Waals surface area contributed by atoms with Crippen LogP contribution in [0.1, 0.15) is 25.2 Å². The fourth-order valence-electron chi connectivity index (χ4n) is 0.906. The van der Waals surface area contributed by atoms with Crippen molar-refractivity contribution in [3.05, 3.63) is 36.2 Å². The molecule has 0 amide bonds. The smallest absolute Gasteiger partial charge is 0.101 e. The second-order valence-corrected chi connectivity index (χ2v) is 3.21. The van der Waals surface area contributed by atoms with Crippen LogP contribution in [-0.4, -0.2) is 10.1 Å². The number of aliphatic hydroxyl groups is 1. The Kier molecular flexibility index (Phi) is 2.29. The second-order valence-electron chi connectivity index (χ2n) is 3.21. The van der Waals surface area contributed by atoms with Gasteiger partial charge in [-0.05, 0) is 32.1 Å². The summed E-state index contributed by atoms with van der Waals surface area (Å²) in [4.78, 5) is 4.19. The molecule has 0 atom stereocenters. The van der Waals surface area contributed by atoms with E-state index in [-0.39, 0.29) is 0 Å². The van der Waals surface area contributed by atoms with E-state index >= 15 is 0 Å². The van der Waals surface area contributed by atoms with E-state index in [1.165, 1.54) is 0 Å². The molecule has 0 radical (unpaired) electrons. The minimum Gasteiger partial charge on any atom is -0.384 e. The number of aromatic nitrogens is 1. The Bertz CT molecular complexity index is 286. The monoisotopic (exact) mass is 163 g/mol. The van der Waals surface area contributed by atoms with E-state index < -0.39 is 5.60 Å². The van der Waals surface area contributed by atoms with Crippen LogP contribution in [0.5, 0.6) is 0 Å². The summed E-state index contributed by atoms with van der Waals surface area (Å²) in [7, 11) is 0. The van der Waals surface area contributed by atoms with Crippen molar-refractivity contribution in [3.63, 3.8) is 0 Å². The van der Waals surface area contributed by atoms with Crippen LogP contribution >= 0.6 is 0 Å². The summed E-state index contributed by atoms with van der Waals surface area (Å²) in [6.07, 6.45) is 1.66. The third kappa shape index (κ3) is 1.92. The van der Waals surface area contributed by atoms with Crippen LogP contribution in [0.3, 0.4) is 0 Å². The van der Waals surface area contributed by atoms with E-state index in [9.17, 15) is 5.11 Å². The largest absolute Gasteiger partial charge is 0.384 e. The summed E-state index contributed by atoms with van der Waals surface area (Å²) < 4.78 is 0. The lowest BCUT2D eigenvalue weighted by Crippen LogP contribution is -2.17. The van der Waals surface area contributed by atoms with Crippen molar-refractivity contribution >= 4 is 6.08 Å². The van der Waals surface area contributed by atoms with Crippen LogP contribution < -0.4 is 0 Å². The van der Waals surface area contributed by atoms with Gasteiger partial charge < -0.3 is 5.11 Å². The Morgan fingerprint density at radius 3 is 2.67 bits per heavy atom. The molecular weight excluding hydrogens is 150 g/mol. The average Bonchev–Trinajstić information content (AvgIpc) is 2.03. The summed E-state index contributed by atoms with van der Waals surface area (Å²) in [5.41, 5.74) is 0.577. The molecule has 0 fully saturated rings. The maximum atomic E-state index is 9.61. The molecule has 0 saturated carbocycles. The summed E-state index contributed by atoms with van der Waals surface area (Å²) in [5, 5.41) is 9.61. The number of hydrogen-bond acceptors (Lipinski definition) is 2. The number of rotatable bonds is 2. The lowest BCUT2D eigenvalue weighted by molar-refractivity contribution is 0.0738. The third-order valence-electron chi connectivity index (χ3n) is 1.61. The Balaban J connectivity index is 3.10. The first-order chi connectivity index (χ1) is 5.54. The van der Waals surface area contributed by atoms with E-state index in [0.717, 1.165) is 5.69 Å². The zero-order chi connectivity index (χ0) is 9.19. The molecule has 12 heavy (non-hydrogen) atoms.